The molecule has 3 amide bonds. The highest BCUT2D eigenvalue weighted by Gasteiger charge is 2.22. The molecule has 37 heavy (non-hydrogen) atoms. The van der Waals surface area contributed by atoms with Gasteiger partial charge < -0.3 is 16.0 Å². The Bertz CT molecular complexity index is 1210. The van der Waals surface area contributed by atoms with Crippen LogP contribution in [0.15, 0.2) is 66.9 Å². The lowest BCUT2D eigenvalue weighted by molar-refractivity contribution is 0.102. The zero-order valence-electron chi connectivity index (χ0n) is 20.6. The lowest BCUT2D eigenvalue weighted by Crippen LogP contribution is -2.37. The molecule has 0 saturated carbocycles. The number of anilines is 4. The molecule has 196 valence electrons. The van der Waals surface area contributed by atoms with E-state index in [1.165, 1.54) is 6.20 Å². The van der Waals surface area contributed by atoms with Crippen LogP contribution >= 0.6 is 10.6 Å². The number of benzene rings is 2. The van der Waals surface area contributed by atoms with Gasteiger partial charge in [-0.3, -0.25) is 24.1 Å². The normalized spacial score (nSPS) is 15.9. The van der Waals surface area contributed by atoms with Crippen molar-refractivity contribution in [2.24, 2.45) is 0 Å². The smallest absolute Gasteiger partial charge is 0.320 e. The summed E-state index contributed by atoms with van der Waals surface area (Å²) < 4.78 is 19.6. The zero-order valence-corrected chi connectivity index (χ0v) is 21.4. The second kappa shape index (κ2) is 12.1. The number of carbonyl (C=O) groups excluding carboxylic acids is 2. The van der Waals surface area contributed by atoms with Gasteiger partial charge in [0.05, 0.1) is 22.8 Å². The molecule has 1 fully saturated rings. The number of hydrogen-bond acceptors (Lipinski definition) is 7. The fraction of sp³-hybridized carbons (Fsp3) is 0.269. The minimum absolute atomic E-state index is 0.309. The van der Waals surface area contributed by atoms with Gasteiger partial charge in [-0.15, -0.1) is 0 Å². The van der Waals surface area contributed by atoms with Gasteiger partial charge in [0.25, 0.3) is 5.91 Å². The van der Waals surface area contributed by atoms with Crippen LogP contribution in [0.25, 0.3) is 0 Å². The largest absolute Gasteiger partial charge is 0.355 e. The number of pyridine rings is 1. The van der Waals surface area contributed by atoms with Crippen LogP contribution < -0.4 is 21.3 Å². The maximum Gasteiger partial charge on any atom is 0.320 e. The standard InChI is InChI=1S/C26H32N6O4S/c1-2-27-26(34)31-24-16-23(29-20-6-4-3-5-7-20)22(17-28-24)25(33)30-21-10-8-19(9-11-21)18-32-12-14-37(35,36)15-13-32/h3-11,16-17,35-36H,2,12-15,18H2,1H3,(H,30,33)(H3,27,28,29,31,34). The van der Waals surface area contributed by atoms with Gasteiger partial charge in [0, 0.05) is 49.8 Å². The van der Waals surface area contributed by atoms with Gasteiger partial charge in [-0.1, -0.05) is 30.3 Å². The molecule has 1 aliphatic rings. The topological polar surface area (TPSA) is 139 Å². The van der Waals surface area contributed by atoms with Crippen LogP contribution in [0, 0.1) is 0 Å². The molecule has 0 atom stereocenters. The minimum atomic E-state index is -2.41. The fourth-order valence-electron chi connectivity index (χ4n) is 3.88. The number of nitrogens with one attached hydrogen (secondary N) is 4. The first-order chi connectivity index (χ1) is 17.8. The molecule has 0 radical (unpaired) electrons. The van der Waals surface area contributed by atoms with E-state index in [2.05, 4.69) is 31.2 Å². The van der Waals surface area contributed by atoms with Crippen molar-refractivity contribution in [3.63, 3.8) is 0 Å². The summed E-state index contributed by atoms with van der Waals surface area (Å²) in [4.78, 5) is 31.5. The fourth-order valence-corrected chi connectivity index (χ4v) is 5.18. The average Bonchev–Trinajstić information content (AvgIpc) is 2.87. The first kappa shape index (κ1) is 26.4. The molecule has 0 aliphatic carbocycles. The molecule has 1 aromatic heterocycles. The van der Waals surface area contributed by atoms with Gasteiger partial charge >= 0.3 is 6.03 Å². The van der Waals surface area contributed by atoms with Gasteiger partial charge in [0.2, 0.25) is 0 Å². The van der Waals surface area contributed by atoms with E-state index in [4.69, 9.17) is 0 Å². The molecule has 1 saturated heterocycles. The Morgan fingerprint density at radius 2 is 1.68 bits per heavy atom. The Kier molecular flexibility index (Phi) is 8.62. The summed E-state index contributed by atoms with van der Waals surface area (Å²) in [5.41, 5.74) is 3.32. The SMILES string of the molecule is CCNC(=O)Nc1cc(Nc2ccccc2)c(C(=O)Nc2ccc(CN3CCS(O)(O)CC3)cc2)cn1. The van der Waals surface area contributed by atoms with Crippen molar-refractivity contribution in [1.29, 1.82) is 0 Å². The van der Waals surface area contributed by atoms with E-state index >= 15 is 0 Å². The van der Waals surface area contributed by atoms with Gasteiger partial charge in [0.1, 0.15) is 5.82 Å². The lowest BCUT2D eigenvalue weighted by atomic mass is 10.1. The van der Waals surface area contributed by atoms with Crippen molar-refractivity contribution < 1.29 is 18.7 Å². The predicted molar refractivity (Wildman–Crippen MR) is 149 cm³/mol. The lowest BCUT2D eigenvalue weighted by Gasteiger charge is -2.41. The van der Waals surface area contributed by atoms with Crippen LogP contribution in [0.5, 0.6) is 0 Å². The van der Waals surface area contributed by atoms with E-state index < -0.39 is 10.6 Å². The van der Waals surface area contributed by atoms with Crippen LogP contribution in [-0.2, 0) is 6.54 Å². The molecule has 1 aliphatic heterocycles. The molecule has 2 aromatic carbocycles. The van der Waals surface area contributed by atoms with Crippen LogP contribution in [0.3, 0.4) is 0 Å². The minimum Gasteiger partial charge on any atom is -0.355 e. The van der Waals surface area contributed by atoms with E-state index in [1.807, 2.05) is 61.5 Å². The number of nitrogens with zero attached hydrogens (tertiary/aromatic N) is 2. The highest BCUT2D eigenvalue weighted by molar-refractivity contribution is 8.24. The van der Waals surface area contributed by atoms with Gasteiger partial charge in [-0.25, -0.2) is 9.78 Å². The second-order valence-electron chi connectivity index (χ2n) is 8.73. The predicted octanol–water partition coefficient (Wildman–Crippen LogP) is 4.79. The van der Waals surface area contributed by atoms with Gasteiger partial charge in [-0.05, 0) is 36.8 Å². The molecule has 0 bridgehead atoms. The van der Waals surface area contributed by atoms with Crippen molar-refractivity contribution in [2.45, 2.75) is 13.5 Å². The number of carbonyl (C=O) groups is 2. The van der Waals surface area contributed by atoms with Gasteiger partial charge in [0.15, 0.2) is 0 Å². The summed E-state index contributed by atoms with van der Waals surface area (Å²) in [7, 11) is -2.41. The zero-order chi connectivity index (χ0) is 26.3. The van der Waals surface area contributed by atoms with Crippen LogP contribution in [0.1, 0.15) is 22.8 Å². The molecule has 6 N–H and O–H groups in total. The molecule has 0 spiro atoms. The van der Waals surface area contributed by atoms with E-state index in [0.717, 1.165) is 11.3 Å². The highest BCUT2D eigenvalue weighted by Crippen LogP contribution is 2.40. The maximum absolute atomic E-state index is 13.2. The molecule has 0 unspecified atom stereocenters. The third-order valence-electron chi connectivity index (χ3n) is 5.87. The van der Waals surface area contributed by atoms with Gasteiger partial charge in [-0.2, -0.15) is 10.6 Å². The molecular formula is C26H32N6O4S. The summed E-state index contributed by atoms with van der Waals surface area (Å²) in [5, 5.41) is 11.5. The van der Waals surface area contributed by atoms with Crippen LogP contribution in [0.2, 0.25) is 0 Å². The quantitative estimate of drug-likeness (QED) is 0.249. The number of rotatable bonds is 8. The van der Waals surface area contributed by atoms with Crippen molar-refractivity contribution in [3.8, 4) is 0 Å². The second-order valence-corrected chi connectivity index (χ2v) is 11.1. The van der Waals surface area contributed by atoms with E-state index in [9.17, 15) is 18.7 Å². The van der Waals surface area contributed by atoms with Crippen molar-refractivity contribution in [3.05, 3.63) is 78.0 Å². The molecular weight excluding hydrogens is 492 g/mol. The average molecular weight is 525 g/mol. The Labute approximate surface area is 217 Å². The van der Waals surface area contributed by atoms with Crippen LogP contribution in [-0.4, -0.2) is 62.1 Å². The number of hydrogen-bond donors (Lipinski definition) is 6. The Balaban J connectivity index is 1.45. The van der Waals surface area contributed by atoms with Crippen molar-refractivity contribution in [2.75, 3.05) is 47.1 Å². The summed E-state index contributed by atoms with van der Waals surface area (Å²) in [6.45, 7) is 4.30. The Morgan fingerprint density at radius 1 is 0.973 bits per heavy atom. The van der Waals surface area contributed by atoms with E-state index in [1.54, 1.807) is 6.07 Å². The summed E-state index contributed by atoms with van der Waals surface area (Å²) in [6, 6.07) is 18.2. The third kappa shape index (κ3) is 7.67. The number of aromatic nitrogens is 1. The summed E-state index contributed by atoms with van der Waals surface area (Å²) in [5.74, 6) is 0.784. The Morgan fingerprint density at radius 3 is 2.35 bits per heavy atom. The Hall–Kier alpha value is -3.64. The summed E-state index contributed by atoms with van der Waals surface area (Å²) in [6.07, 6.45) is 1.43. The van der Waals surface area contributed by atoms with E-state index in [0.29, 0.717) is 60.4 Å². The molecule has 4 rings (SSSR count). The molecule has 10 nitrogen and oxygen atoms in total. The highest BCUT2D eigenvalue weighted by atomic mass is 32.3. The monoisotopic (exact) mass is 524 g/mol. The molecule has 3 aromatic rings. The first-order valence-electron chi connectivity index (χ1n) is 12.0. The third-order valence-corrected chi connectivity index (χ3v) is 7.54. The van der Waals surface area contributed by atoms with Crippen molar-refractivity contribution >= 4 is 45.4 Å². The number of para-hydroxylation sites is 1. The van der Waals surface area contributed by atoms with E-state index in [-0.39, 0.29) is 11.9 Å². The number of amides is 3. The molecule has 11 heteroatoms. The molecule has 2 heterocycles. The van der Waals surface area contributed by atoms with Crippen molar-refractivity contribution in [1.82, 2.24) is 15.2 Å². The maximum atomic E-state index is 13.2. The van der Waals surface area contributed by atoms with Crippen LogP contribution in [0.4, 0.5) is 27.7 Å². The first-order valence-corrected chi connectivity index (χ1v) is 13.9. The summed E-state index contributed by atoms with van der Waals surface area (Å²) >= 11 is 0. The number of urea groups is 1.